The van der Waals surface area contributed by atoms with Crippen LogP contribution in [0.4, 0.5) is 4.39 Å². The van der Waals surface area contributed by atoms with Crippen LogP contribution in [0, 0.1) is 5.82 Å². The topological polar surface area (TPSA) is 54.5 Å². The second-order valence-electron chi connectivity index (χ2n) is 5.25. The van der Waals surface area contributed by atoms with Crippen molar-refractivity contribution in [2.24, 2.45) is 0 Å². The lowest BCUT2D eigenvalue weighted by atomic mass is 10.0. The van der Waals surface area contributed by atoms with E-state index in [2.05, 4.69) is 0 Å². The average Bonchev–Trinajstić information content (AvgIpc) is 2.37. The van der Waals surface area contributed by atoms with Crippen molar-refractivity contribution >= 4 is 15.6 Å². The van der Waals surface area contributed by atoms with Crippen LogP contribution in [0.5, 0.6) is 0 Å². The summed E-state index contributed by atoms with van der Waals surface area (Å²) in [6.45, 7) is 3.93. The minimum atomic E-state index is -3.00. The lowest BCUT2D eigenvalue weighted by molar-refractivity contribution is 0.0794. The van der Waals surface area contributed by atoms with Gasteiger partial charge in [0.15, 0.2) is 15.6 Å². The molecule has 2 unspecified atom stereocenters. The first-order chi connectivity index (χ1) is 9.30. The van der Waals surface area contributed by atoms with Crippen LogP contribution >= 0.6 is 0 Å². The molecular weight excluding hydrogens is 281 g/mol. The van der Waals surface area contributed by atoms with Gasteiger partial charge < -0.3 is 0 Å². The van der Waals surface area contributed by atoms with E-state index in [4.69, 9.17) is 0 Å². The van der Waals surface area contributed by atoms with Gasteiger partial charge in [-0.1, -0.05) is 0 Å². The molecule has 4 nitrogen and oxygen atoms in total. The van der Waals surface area contributed by atoms with Crippen molar-refractivity contribution in [3.8, 4) is 0 Å². The Morgan fingerprint density at radius 3 is 2.50 bits per heavy atom. The van der Waals surface area contributed by atoms with Crippen molar-refractivity contribution < 1.29 is 17.6 Å². The minimum Gasteiger partial charge on any atom is -0.292 e. The van der Waals surface area contributed by atoms with Crippen LogP contribution in [-0.2, 0) is 9.84 Å². The number of hydrogen-bond acceptors (Lipinski definition) is 4. The van der Waals surface area contributed by atoms with Gasteiger partial charge in [-0.15, -0.1) is 0 Å². The van der Waals surface area contributed by atoms with Gasteiger partial charge in [0.2, 0.25) is 0 Å². The van der Waals surface area contributed by atoms with Crippen LogP contribution in [0.3, 0.4) is 0 Å². The monoisotopic (exact) mass is 299 g/mol. The number of halogens is 1. The molecule has 0 bridgehead atoms. The van der Waals surface area contributed by atoms with E-state index in [1.165, 1.54) is 24.3 Å². The van der Waals surface area contributed by atoms with Crippen molar-refractivity contribution in [2.45, 2.75) is 25.9 Å². The normalized spacial score (nSPS) is 24.2. The Hall–Kier alpha value is -1.27. The van der Waals surface area contributed by atoms with Crippen LogP contribution in [0.2, 0.25) is 0 Å². The molecule has 1 fully saturated rings. The Balaban J connectivity index is 2.13. The smallest absolute Gasteiger partial charge is 0.179 e. The largest absolute Gasteiger partial charge is 0.292 e. The second-order valence-corrected chi connectivity index (χ2v) is 7.48. The van der Waals surface area contributed by atoms with Gasteiger partial charge in [0.1, 0.15) is 5.82 Å². The molecule has 0 aromatic heterocycles. The molecule has 6 heteroatoms. The number of Topliss-reactive ketones (excluding diaryl/α,β-unsaturated/α-hetero) is 1. The molecule has 0 saturated carbocycles. The molecule has 0 amide bonds. The fourth-order valence-corrected chi connectivity index (χ4v) is 4.17. The van der Waals surface area contributed by atoms with E-state index in [1.807, 2.05) is 11.8 Å². The highest BCUT2D eigenvalue weighted by Crippen LogP contribution is 2.18. The molecule has 0 N–H and O–H groups in total. The van der Waals surface area contributed by atoms with Gasteiger partial charge in [0.05, 0.1) is 17.5 Å². The van der Waals surface area contributed by atoms with E-state index in [0.29, 0.717) is 12.1 Å². The Morgan fingerprint density at radius 1 is 1.35 bits per heavy atom. The first-order valence-corrected chi connectivity index (χ1v) is 8.38. The van der Waals surface area contributed by atoms with Crippen LogP contribution in [0.25, 0.3) is 0 Å². The molecule has 2 atom stereocenters. The van der Waals surface area contributed by atoms with Gasteiger partial charge >= 0.3 is 0 Å². The van der Waals surface area contributed by atoms with Crippen molar-refractivity contribution in [1.82, 2.24) is 4.90 Å². The fourth-order valence-electron chi connectivity index (χ4n) is 2.59. The Labute approximate surface area is 118 Å². The maximum absolute atomic E-state index is 12.9. The number of sulfone groups is 1. The van der Waals surface area contributed by atoms with Gasteiger partial charge in [-0.2, -0.15) is 0 Å². The molecule has 1 aliphatic heterocycles. The summed E-state index contributed by atoms with van der Waals surface area (Å²) in [6, 6.07) is 4.83. The van der Waals surface area contributed by atoms with Crippen molar-refractivity contribution in [2.75, 3.05) is 18.1 Å². The summed E-state index contributed by atoms with van der Waals surface area (Å²) >= 11 is 0. The maximum Gasteiger partial charge on any atom is 0.179 e. The third kappa shape index (κ3) is 3.24. The standard InChI is InChI=1S/C14H18FNO3S/c1-10-9-20(18,19)8-7-16(10)11(2)14(17)12-3-5-13(15)6-4-12/h3-6,10-11H,7-9H2,1-2H3. The zero-order valence-corrected chi connectivity index (χ0v) is 12.4. The number of nitrogens with zero attached hydrogens (tertiary/aromatic N) is 1. The van der Waals surface area contributed by atoms with Crippen molar-refractivity contribution in [3.05, 3.63) is 35.6 Å². The van der Waals surface area contributed by atoms with Gasteiger partial charge in [-0.3, -0.25) is 9.69 Å². The van der Waals surface area contributed by atoms with Crippen LogP contribution in [-0.4, -0.2) is 49.2 Å². The highest BCUT2D eigenvalue weighted by molar-refractivity contribution is 7.91. The van der Waals surface area contributed by atoms with E-state index in [1.54, 1.807) is 6.92 Å². The highest BCUT2D eigenvalue weighted by atomic mass is 32.2. The number of carbonyl (C=O) groups excluding carboxylic acids is 1. The third-order valence-corrected chi connectivity index (χ3v) is 5.52. The second kappa shape index (κ2) is 5.61. The third-order valence-electron chi connectivity index (χ3n) is 3.73. The lowest BCUT2D eigenvalue weighted by Gasteiger charge is -2.36. The zero-order valence-electron chi connectivity index (χ0n) is 11.5. The first kappa shape index (κ1) is 15.1. The maximum atomic E-state index is 12.9. The summed E-state index contributed by atoms with van der Waals surface area (Å²) in [5.74, 6) is -0.338. The van der Waals surface area contributed by atoms with E-state index in [9.17, 15) is 17.6 Å². The number of rotatable bonds is 3. The molecule has 1 aromatic rings. The van der Waals surface area contributed by atoms with Crippen LogP contribution in [0.15, 0.2) is 24.3 Å². The van der Waals surface area contributed by atoms with Gasteiger partial charge in [-0.05, 0) is 38.1 Å². The summed E-state index contributed by atoms with van der Waals surface area (Å²) < 4.78 is 36.0. The number of benzene rings is 1. The Kier molecular flexibility index (Phi) is 4.25. The highest BCUT2D eigenvalue weighted by Gasteiger charge is 2.33. The predicted molar refractivity (Wildman–Crippen MR) is 75.0 cm³/mol. The van der Waals surface area contributed by atoms with Crippen molar-refractivity contribution in [3.63, 3.8) is 0 Å². The van der Waals surface area contributed by atoms with Crippen LogP contribution in [0.1, 0.15) is 24.2 Å². The predicted octanol–water partition coefficient (Wildman–Crippen LogP) is 1.52. The van der Waals surface area contributed by atoms with E-state index >= 15 is 0 Å². The summed E-state index contributed by atoms with van der Waals surface area (Å²) in [7, 11) is -3.00. The SMILES string of the molecule is CC1CS(=O)(=O)CCN1C(C)C(=O)c1ccc(F)cc1. The Morgan fingerprint density at radius 2 is 1.95 bits per heavy atom. The average molecular weight is 299 g/mol. The molecule has 1 aliphatic rings. The Bertz CT molecular complexity index is 597. The molecule has 0 aliphatic carbocycles. The summed E-state index contributed by atoms with van der Waals surface area (Å²) in [4.78, 5) is 14.2. The molecule has 0 spiro atoms. The molecule has 1 saturated heterocycles. The van der Waals surface area contributed by atoms with E-state index < -0.39 is 15.9 Å². The number of hydrogen-bond donors (Lipinski definition) is 0. The molecule has 20 heavy (non-hydrogen) atoms. The van der Waals surface area contributed by atoms with Crippen LogP contribution < -0.4 is 0 Å². The summed E-state index contributed by atoms with van der Waals surface area (Å²) in [6.07, 6.45) is 0. The van der Waals surface area contributed by atoms with E-state index in [0.717, 1.165) is 0 Å². The molecule has 110 valence electrons. The number of ketones is 1. The van der Waals surface area contributed by atoms with E-state index in [-0.39, 0.29) is 29.1 Å². The van der Waals surface area contributed by atoms with Gasteiger partial charge in [0.25, 0.3) is 0 Å². The molecule has 0 radical (unpaired) electrons. The van der Waals surface area contributed by atoms with Crippen molar-refractivity contribution in [1.29, 1.82) is 0 Å². The van der Waals surface area contributed by atoms with Gasteiger partial charge in [0, 0.05) is 18.2 Å². The molecule has 2 rings (SSSR count). The molecular formula is C14H18FNO3S. The summed E-state index contributed by atoms with van der Waals surface area (Å²) in [5, 5.41) is 0. The lowest BCUT2D eigenvalue weighted by Crippen LogP contribution is -2.53. The van der Waals surface area contributed by atoms with Gasteiger partial charge in [-0.25, -0.2) is 12.8 Å². The summed E-state index contributed by atoms with van der Waals surface area (Å²) in [5.41, 5.74) is 0.444. The minimum absolute atomic E-state index is 0.0774. The first-order valence-electron chi connectivity index (χ1n) is 6.56. The molecule has 1 heterocycles. The zero-order chi connectivity index (χ0) is 14.9. The quantitative estimate of drug-likeness (QED) is 0.794. The molecule has 1 aromatic carbocycles. The number of carbonyl (C=O) groups is 1. The fraction of sp³-hybridized carbons (Fsp3) is 0.500.